The highest BCUT2D eigenvalue weighted by Gasteiger charge is 2.22. The first kappa shape index (κ1) is 22.2. The van der Waals surface area contributed by atoms with E-state index in [9.17, 15) is 4.79 Å². The van der Waals surface area contributed by atoms with Crippen molar-refractivity contribution in [2.45, 2.75) is 25.3 Å². The van der Waals surface area contributed by atoms with Crippen LogP contribution in [0.3, 0.4) is 0 Å². The number of hydrogen-bond donors (Lipinski definition) is 1. The molecule has 2 aromatic heterocycles. The topological polar surface area (TPSA) is 73.4 Å². The van der Waals surface area contributed by atoms with Gasteiger partial charge in [0.05, 0.1) is 7.11 Å². The molecule has 1 amide bonds. The van der Waals surface area contributed by atoms with E-state index in [1.165, 1.54) is 11.1 Å². The van der Waals surface area contributed by atoms with Gasteiger partial charge in [-0.2, -0.15) is 0 Å². The molecule has 6 nitrogen and oxygen atoms in total. The lowest BCUT2D eigenvalue weighted by Crippen LogP contribution is -2.35. The average molecular weight is 455 g/mol. The maximum Gasteiger partial charge on any atom is 0.248 e. The van der Waals surface area contributed by atoms with Crippen molar-refractivity contribution in [2.24, 2.45) is 5.73 Å². The number of likely N-dealkylation sites (tertiary alicyclic amines) is 1. The number of benzene rings is 2. The molecule has 0 unspecified atom stereocenters. The molecule has 1 fully saturated rings. The van der Waals surface area contributed by atoms with Gasteiger partial charge in [-0.3, -0.25) is 9.78 Å². The summed E-state index contributed by atoms with van der Waals surface area (Å²) in [6.45, 7) is 3.10. The molecule has 4 aromatic rings. The van der Waals surface area contributed by atoms with Crippen LogP contribution in [0.1, 0.15) is 34.8 Å². The molecule has 34 heavy (non-hydrogen) atoms. The van der Waals surface area contributed by atoms with Gasteiger partial charge in [0.15, 0.2) is 0 Å². The molecule has 174 valence electrons. The van der Waals surface area contributed by atoms with E-state index in [0.29, 0.717) is 11.6 Å². The Kier molecular flexibility index (Phi) is 6.32. The Balaban J connectivity index is 1.24. The number of nitrogens with two attached hydrogens (primary N) is 1. The molecule has 0 radical (unpaired) electrons. The number of pyridine rings is 1. The molecule has 0 aliphatic carbocycles. The number of piperidine rings is 1. The first-order chi connectivity index (χ1) is 16.6. The maximum absolute atomic E-state index is 11.6. The third kappa shape index (κ3) is 4.54. The van der Waals surface area contributed by atoms with Crippen molar-refractivity contribution in [3.63, 3.8) is 0 Å². The molecule has 0 spiro atoms. The van der Waals surface area contributed by atoms with Crippen molar-refractivity contribution in [3.8, 4) is 16.9 Å². The molecule has 6 heteroatoms. The van der Waals surface area contributed by atoms with Crippen LogP contribution in [0.4, 0.5) is 0 Å². The zero-order chi connectivity index (χ0) is 23.5. The van der Waals surface area contributed by atoms with Gasteiger partial charge in [0.1, 0.15) is 5.75 Å². The molecule has 0 saturated carbocycles. The lowest BCUT2D eigenvalue weighted by atomic mass is 10.0. The largest absolute Gasteiger partial charge is 0.496 e. The van der Waals surface area contributed by atoms with Crippen LogP contribution in [-0.4, -0.2) is 47.1 Å². The second-order valence-electron chi connectivity index (χ2n) is 8.95. The number of fused-ring (bicyclic) bond motifs is 1. The smallest absolute Gasteiger partial charge is 0.248 e. The fraction of sp³-hybridized carbons (Fsp3) is 0.286. The Labute approximate surface area is 200 Å². The summed E-state index contributed by atoms with van der Waals surface area (Å²) in [5, 5.41) is 1.15. The molecule has 1 aliphatic rings. The van der Waals surface area contributed by atoms with E-state index in [2.05, 4.69) is 44.9 Å². The summed E-state index contributed by atoms with van der Waals surface area (Å²) in [5.41, 5.74) is 10.7. The van der Waals surface area contributed by atoms with Crippen LogP contribution in [-0.2, 0) is 6.42 Å². The van der Waals surface area contributed by atoms with Gasteiger partial charge in [-0.05, 0) is 83.8 Å². The standard InChI is InChI=1S/C28H30N4O2/c1-34-27-5-4-22(20-6-12-30-13-7-20)18-23(27)8-14-31-15-10-25(11-16-31)32-17-9-21-2-3-24(28(29)33)19-26(21)32/h2-7,9,12-13,17-19,25H,8,10-11,14-16H2,1H3,(H2,29,33). The minimum Gasteiger partial charge on any atom is -0.496 e. The van der Waals surface area contributed by atoms with Gasteiger partial charge >= 0.3 is 0 Å². The van der Waals surface area contributed by atoms with Crippen molar-refractivity contribution >= 4 is 16.8 Å². The monoisotopic (exact) mass is 454 g/mol. The van der Waals surface area contributed by atoms with E-state index >= 15 is 0 Å². The van der Waals surface area contributed by atoms with Crippen molar-refractivity contribution in [2.75, 3.05) is 26.7 Å². The molecule has 2 N–H and O–H groups in total. The van der Waals surface area contributed by atoms with Gasteiger partial charge in [0, 0.05) is 55.3 Å². The predicted octanol–water partition coefficient (Wildman–Crippen LogP) is 4.69. The van der Waals surface area contributed by atoms with Crippen molar-refractivity contribution < 1.29 is 9.53 Å². The number of carbonyl (C=O) groups is 1. The second-order valence-corrected chi connectivity index (χ2v) is 8.95. The number of nitrogens with zero attached hydrogens (tertiary/aromatic N) is 3. The number of hydrogen-bond acceptors (Lipinski definition) is 4. The summed E-state index contributed by atoms with van der Waals surface area (Å²) in [6, 6.07) is 18.7. The molecule has 0 atom stereocenters. The van der Waals surface area contributed by atoms with E-state index in [1.54, 1.807) is 13.2 Å². The van der Waals surface area contributed by atoms with Gasteiger partial charge in [-0.15, -0.1) is 0 Å². The Hall–Kier alpha value is -3.64. The number of amides is 1. The van der Waals surface area contributed by atoms with Crippen LogP contribution in [0, 0.1) is 0 Å². The predicted molar refractivity (Wildman–Crippen MR) is 135 cm³/mol. The fourth-order valence-electron chi connectivity index (χ4n) is 5.02. The zero-order valence-corrected chi connectivity index (χ0v) is 19.5. The maximum atomic E-state index is 11.6. The van der Waals surface area contributed by atoms with Crippen molar-refractivity contribution in [1.82, 2.24) is 14.5 Å². The number of carbonyl (C=O) groups excluding carboxylic acids is 1. The molecule has 0 bridgehead atoms. The summed E-state index contributed by atoms with van der Waals surface area (Å²) in [7, 11) is 1.74. The summed E-state index contributed by atoms with van der Waals surface area (Å²) >= 11 is 0. The quantitative estimate of drug-likeness (QED) is 0.440. The number of ether oxygens (including phenoxy) is 1. The molecular formula is C28H30N4O2. The van der Waals surface area contributed by atoms with E-state index in [-0.39, 0.29) is 5.91 Å². The number of methoxy groups -OCH3 is 1. The fourth-order valence-corrected chi connectivity index (χ4v) is 5.02. The number of rotatable bonds is 7. The lowest BCUT2D eigenvalue weighted by Gasteiger charge is -2.33. The lowest BCUT2D eigenvalue weighted by molar-refractivity contribution is 0.100. The molecule has 1 saturated heterocycles. The third-order valence-electron chi connectivity index (χ3n) is 6.95. The van der Waals surface area contributed by atoms with E-state index in [4.69, 9.17) is 10.5 Å². The van der Waals surface area contributed by atoms with Crippen LogP contribution in [0.2, 0.25) is 0 Å². The summed E-state index contributed by atoms with van der Waals surface area (Å²) in [6.07, 6.45) is 8.90. The first-order valence-corrected chi connectivity index (χ1v) is 11.8. The Morgan fingerprint density at radius 2 is 1.82 bits per heavy atom. The minimum absolute atomic E-state index is 0.382. The molecule has 1 aliphatic heterocycles. The number of aromatic nitrogens is 2. The van der Waals surface area contributed by atoms with Crippen LogP contribution in [0.15, 0.2) is 73.2 Å². The molecular weight excluding hydrogens is 424 g/mol. The second kappa shape index (κ2) is 9.69. The molecule has 2 aromatic carbocycles. The van der Waals surface area contributed by atoms with Gasteiger partial charge in [-0.1, -0.05) is 12.1 Å². The summed E-state index contributed by atoms with van der Waals surface area (Å²) in [4.78, 5) is 18.3. The molecule has 5 rings (SSSR count). The van der Waals surface area contributed by atoms with E-state index in [1.807, 2.05) is 36.7 Å². The summed E-state index contributed by atoms with van der Waals surface area (Å²) < 4.78 is 7.96. The van der Waals surface area contributed by atoms with Crippen molar-refractivity contribution in [3.05, 3.63) is 84.3 Å². The SMILES string of the molecule is COc1ccc(-c2ccncc2)cc1CCN1CCC(n2ccc3ccc(C(N)=O)cc32)CC1. The summed E-state index contributed by atoms with van der Waals surface area (Å²) in [5.74, 6) is 0.560. The van der Waals surface area contributed by atoms with Crippen LogP contribution < -0.4 is 10.5 Å². The van der Waals surface area contributed by atoms with Gasteiger partial charge in [0.2, 0.25) is 5.91 Å². The van der Waals surface area contributed by atoms with Crippen LogP contribution in [0.25, 0.3) is 22.0 Å². The van der Waals surface area contributed by atoms with E-state index < -0.39 is 0 Å². The van der Waals surface area contributed by atoms with Gasteiger partial charge in [0.25, 0.3) is 0 Å². The minimum atomic E-state index is -0.382. The van der Waals surface area contributed by atoms with Gasteiger partial charge < -0.3 is 19.9 Å². The Morgan fingerprint density at radius 3 is 2.56 bits per heavy atom. The van der Waals surface area contributed by atoms with Crippen molar-refractivity contribution in [1.29, 1.82) is 0 Å². The highest BCUT2D eigenvalue weighted by molar-refractivity contribution is 5.97. The van der Waals surface area contributed by atoms with Crippen LogP contribution >= 0.6 is 0 Å². The molecule has 3 heterocycles. The Morgan fingerprint density at radius 1 is 1.03 bits per heavy atom. The normalized spacial score (nSPS) is 15.0. The average Bonchev–Trinajstić information content (AvgIpc) is 3.31. The highest BCUT2D eigenvalue weighted by Crippen LogP contribution is 2.30. The number of primary amides is 1. The van der Waals surface area contributed by atoms with E-state index in [0.717, 1.165) is 61.1 Å². The Bertz CT molecular complexity index is 1290. The highest BCUT2D eigenvalue weighted by atomic mass is 16.5. The first-order valence-electron chi connectivity index (χ1n) is 11.8. The van der Waals surface area contributed by atoms with Gasteiger partial charge in [-0.25, -0.2) is 0 Å². The zero-order valence-electron chi connectivity index (χ0n) is 19.5. The third-order valence-corrected chi connectivity index (χ3v) is 6.95. The van der Waals surface area contributed by atoms with Crippen LogP contribution in [0.5, 0.6) is 5.75 Å².